The number of benzene rings is 3. The fourth-order valence-electron chi connectivity index (χ4n) is 5.40. The van der Waals surface area contributed by atoms with Crippen LogP contribution in [0, 0.1) is 5.82 Å². The van der Waals surface area contributed by atoms with E-state index < -0.39 is 40.2 Å². The molecule has 4 aromatic rings. The highest BCUT2D eigenvalue weighted by atomic mass is 19.1. The number of carboxylic acid groups (broad SMARTS) is 1. The minimum absolute atomic E-state index is 0.0357. The number of alkyl carbamates (subject to hydrolysis) is 1. The average molecular weight is 547 g/mol. The first-order valence-corrected chi connectivity index (χ1v) is 12.8. The van der Waals surface area contributed by atoms with Gasteiger partial charge in [-0.2, -0.15) is 0 Å². The molecule has 6 rings (SSSR count). The summed E-state index contributed by atoms with van der Waals surface area (Å²) in [4.78, 5) is 39.3. The van der Waals surface area contributed by atoms with Crippen LogP contribution in [0.5, 0.6) is 11.5 Å². The lowest BCUT2D eigenvalue weighted by Crippen LogP contribution is -2.40. The van der Waals surface area contributed by atoms with Crippen molar-refractivity contribution in [2.75, 3.05) is 23.7 Å². The number of pyridine rings is 1. The molecule has 0 bridgehead atoms. The van der Waals surface area contributed by atoms with Crippen LogP contribution in [-0.4, -0.2) is 46.5 Å². The first-order valence-electron chi connectivity index (χ1n) is 12.8. The molecule has 10 nitrogen and oxygen atoms in total. The van der Waals surface area contributed by atoms with E-state index in [0.29, 0.717) is 24.4 Å². The minimum Gasteiger partial charge on any atom is -0.477 e. The lowest BCUT2D eigenvalue weighted by Gasteiger charge is -2.30. The van der Waals surface area contributed by atoms with Crippen molar-refractivity contribution in [1.29, 1.82) is 0 Å². The van der Waals surface area contributed by atoms with Crippen molar-refractivity contribution in [3.8, 4) is 17.2 Å². The Morgan fingerprint density at radius 2 is 1.90 bits per heavy atom. The van der Waals surface area contributed by atoms with E-state index in [9.17, 15) is 19.5 Å². The van der Waals surface area contributed by atoms with Gasteiger partial charge in [-0.3, -0.25) is 4.79 Å². The number of amides is 1. The monoisotopic (exact) mass is 546 g/mol. The Balaban J connectivity index is 1.53. The van der Waals surface area contributed by atoms with Crippen LogP contribution in [0.2, 0.25) is 0 Å². The fourth-order valence-corrected chi connectivity index (χ4v) is 5.40. The Bertz CT molecular complexity index is 1810. The maximum absolute atomic E-state index is 16.1. The summed E-state index contributed by atoms with van der Waals surface area (Å²) in [7, 11) is 0. The fraction of sp³-hybridized carbons (Fsp3) is 0.276. The van der Waals surface area contributed by atoms with Crippen LogP contribution in [0.3, 0.4) is 0 Å². The molecule has 1 amide bonds. The number of carbonyl (C=O) groups excluding carboxylic acids is 1. The number of aromatic carboxylic acids is 1. The zero-order valence-corrected chi connectivity index (χ0v) is 22.1. The molecule has 206 valence electrons. The number of halogens is 1. The largest absolute Gasteiger partial charge is 0.477 e. The smallest absolute Gasteiger partial charge is 0.407 e. The number of fused-ring (bicyclic) bond motifs is 3. The van der Waals surface area contributed by atoms with E-state index in [0.717, 1.165) is 10.8 Å². The van der Waals surface area contributed by atoms with Crippen LogP contribution in [0.25, 0.3) is 27.4 Å². The molecule has 1 saturated heterocycles. The van der Waals surface area contributed by atoms with Gasteiger partial charge in [-0.15, -0.1) is 0 Å². The molecule has 1 atom stereocenters. The Labute approximate surface area is 227 Å². The van der Waals surface area contributed by atoms with Gasteiger partial charge in [0.15, 0.2) is 17.3 Å². The summed E-state index contributed by atoms with van der Waals surface area (Å²) in [6.07, 6.45) is 1.15. The lowest BCUT2D eigenvalue weighted by atomic mass is 10.0. The third-order valence-electron chi connectivity index (χ3n) is 7.11. The topological polar surface area (TPSA) is 136 Å². The van der Waals surface area contributed by atoms with E-state index in [-0.39, 0.29) is 34.9 Å². The maximum Gasteiger partial charge on any atom is 0.407 e. The molecule has 11 heteroatoms. The first-order chi connectivity index (χ1) is 18.9. The van der Waals surface area contributed by atoms with Crippen LogP contribution in [0.1, 0.15) is 37.6 Å². The molecular weight excluding hydrogens is 519 g/mol. The second-order valence-electron chi connectivity index (χ2n) is 11.0. The van der Waals surface area contributed by atoms with E-state index in [1.165, 1.54) is 10.8 Å². The van der Waals surface area contributed by atoms with Gasteiger partial charge in [0, 0.05) is 19.3 Å². The molecule has 1 fully saturated rings. The highest BCUT2D eigenvalue weighted by Crippen LogP contribution is 2.50. The summed E-state index contributed by atoms with van der Waals surface area (Å²) in [5, 5.41) is 14.1. The maximum atomic E-state index is 16.1. The number of hydrogen-bond acceptors (Lipinski definition) is 7. The summed E-state index contributed by atoms with van der Waals surface area (Å²) in [6.45, 7) is 5.89. The van der Waals surface area contributed by atoms with Crippen molar-refractivity contribution in [3.63, 3.8) is 0 Å². The lowest BCUT2D eigenvalue weighted by molar-refractivity contribution is 0.0508. The predicted octanol–water partition coefficient (Wildman–Crippen LogP) is 4.77. The Morgan fingerprint density at radius 3 is 2.58 bits per heavy atom. The van der Waals surface area contributed by atoms with Gasteiger partial charge in [-0.1, -0.05) is 24.3 Å². The Hall–Kier alpha value is -4.80. The van der Waals surface area contributed by atoms with Crippen molar-refractivity contribution in [3.05, 3.63) is 64.2 Å². The molecule has 0 radical (unpaired) electrons. The normalized spacial score (nSPS) is 16.1. The van der Waals surface area contributed by atoms with E-state index in [4.69, 9.17) is 15.2 Å². The van der Waals surface area contributed by atoms with Gasteiger partial charge in [0.2, 0.25) is 5.43 Å². The number of nitrogens with two attached hydrogens (primary N) is 1. The summed E-state index contributed by atoms with van der Waals surface area (Å²) in [5.74, 6) is -1.93. The molecule has 1 unspecified atom stereocenters. The number of nitrogens with one attached hydrogen (secondary N) is 1. The molecule has 40 heavy (non-hydrogen) atoms. The first kappa shape index (κ1) is 25.5. The van der Waals surface area contributed by atoms with Crippen LogP contribution >= 0.6 is 0 Å². The molecule has 0 spiro atoms. The Kier molecular flexibility index (Phi) is 5.65. The average Bonchev–Trinajstić information content (AvgIpc) is 3.32. The molecule has 3 heterocycles. The van der Waals surface area contributed by atoms with E-state index in [1.54, 1.807) is 31.7 Å². The van der Waals surface area contributed by atoms with Gasteiger partial charge in [0.1, 0.15) is 22.4 Å². The molecule has 4 N–H and O–H groups in total. The van der Waals surface area contributed by atoms with Crippen molar-refractivity contribution >= 4 is 45.1 Å². The van der Waals surface area contributed by atoms with Gasteiger partial charge in [0.25, 0.3) is 0 Å². The number of aromatic nitrogens is 1. The van der Waals surface area contributed by atoms with Gasteiger partial charge < -0.3 is 35.1 Å². The number of hydrogen-bond donors (Lipinski definition) is 3. The summed E-state index contributed by atoms with van der Waals surface area (Å²) < 4.78 is 29.3. The van der Waals surface area contributed by atoms with Gasteiger partial charge in [0.05, 0.1) is 22.8 Å². The van der Waals surface area contributed by atoms with E-state index in [1.807, 2.05) is 30.3 Å². The standard InChI is InChI=1S/C29H27FN4O6/c1-29(2,3)40-28(38)32-16-8-9-33(12-16)24-21(30)22(31)20-23-26(24)39-19-11-15-7-5-4-6-14(15)10-18(19)34(23)13-17(25(20)35)27(36)37/h4-7,10-11,13,16H,8-9,12,31H2,1-3H3,(H,32,38)(H,36,37). The van der Waals surface area contributed by atoms with Crippen LogP contribution in [-0.2, 0) is 4.74 Å². The predicted molar refractivity (Wildman–Crippen MR) is 148 cm³/mol. The van der Waals surface area contributed by atoms with Gasteiger partial charge in [-0.25, -0.2) is 14.0 Å². The second-order valence-corrected chi connectivity index (χ2v) is 11.0. The zero-order chi connectivity index (χ0) is 28.5. The highest BCUT2D eigenvalue weighted by Gasteiger charge is 2.36. The van der Waals surface area contributed by atoms with Crippen molar-refractivity contribution in [1.82, 2.24) is 9.88 Å². The number of nitrogens with zero attached hydrogens (tertiary/aromatic N) is 2. The summed E-state index contributed by atoms with van der Waals surface area (Å²) in [5.41, 5.74) is 4.34. The quantitative estimate of drug-likeness (QED) is 0.275. The van der Waals surface area contributed by atoms with Gasteiger partial charge in [-0.05, 0) is 50.1 Å². The van der Waals surface area contributed by atoms with Crippen molar-refractivity contribution in [2.24, 2.45) is 0 Å². The van der Waals surface area contributed by atoms with E-state index in [2.05, 4.69) is 5.32 Å². The molecule has 1 aromatic heterocycles. The molecule has 0 saturated carbocycles. The third-order valence-corrected chi connectivity index (χ3v) is 7.11. The molecule has 2 aliphatic rings. The second kappa shape index (κ2) is 8.87. The summed E-state index contributed by atoms with van der Waals surface area (Å²) in [6, 6.07) is 10.8. The number of carboxylic acids is 1. The molecule has 0 aliphatic carbocycles. The van der Waals surface area contributed by atoms with E-state index >= 15 is 4.39 Å². The third kappa shape index (κ3) is 4.05. The number of anilines is 2. The zero-order valence-electron chi connectivity index (χ0n) is 22.1. The number of nitrogen functional groups attached to an aromatic ring is 1. The number of rotatable bonds is 3. The van der Waals surface area contributed by atoms with Crippen molar-refractivity contribution in [2.45, 2.75) is 38.8 Å². The molecule has 3 aromatic carbocycles. The Morgan fingerprint density at radius 1 is 1.20 bits per heavy atom. The minimum atomic E-state index is -1.45. The molecule has 2 aliphatic heterocycles. The van der Waals surface area contributed by atoms with Gasteiger partial charge >= 0.3 is 12.1 Å². The van der Waals surface area contributed by atoms with Crippen LogP contribution < -0.4 is 26.1 Å². The van der Waals surface area contributed by atoms with Crippen molar-refractivity contribution < 1.29 is 28.6 Å². The van der Waals surface area contributed by atoms with Crippen LogP contribution in [0.15, 0.2) is 47.4 Å². The van der Waals surface area contributed by atoms with Crippen LogP contribution in [0.4, 0.5) is 20.6 Å². The highest BCUT2D eigenvalue weighted by molar-refractivity contribution is 6.05. The molecular formula is C29H27FN4O6. The SMILES string of the molecule is CC(C)(C)OC(=O)NC1CCN(c2c(F)c(N)c3c(=O)c(C(=O)O)cn4c3c2Oc2cc3ccccc3cc2-4)C1. The number of carbonyl (C=O) groups is 2. The summed E-state index contributed by atoms with van der Waals surface area (Å²) >= 11 is 0. The number of ether oxygens (including phenoxy) is 2.